The summed E-state index contributed by atoms with van der Waals surface area (Å²) in [6.07, 6.45) is 4.78. The lowest BCUT2D eigenvalue weighted by Gasteiger charge is -2.27. The van der Waals surface area contributed by atoms with E-state index in [0.717, 1.165) is 24.2 Å². The van der Waals surface area contributed by atoms with Crippen LogP contribution in [0.2, 0.25) is 0 Å². The van der Waals surface area contributed by atoms with Gasteiger partial charge in [-0.15, -0.1) is 0 Å². The lowest BCUT2D eigenvalue weighted by Crippen LogP contribution is -2.37. The molecule has 1 aliphatic heterocycles. The summed E-state index contributed by atoms with van der Waals surface area (Å²) in [5, 5.41) is 12.1. The van der Waals surface area contributed by atoms with Gasteiger partial charge in [-0.05, 0) is 57.4 Å². The molecule has 0 aromatic heterocycles. The van der Waals surface area contributed by atoms with Crippen LogP contribution in [-0.2, 0) is 10.0 Å². The van der Waals surface area contributed by atoms with Crippen molar-refractivity contribution in [1.29, 1.82) is 0 Å². The van der Waals surface area contributed by atoms with Crippen molar-refractivity contribution in [2.45, 2.75) is 56.5 Å². The molecule has 2 atom stereocenters. The van der Waals surface area contributed by atoms with Crippen LogP contribution in [-0.4, -0.2) is 27.0 Å². The second kappa shape index (κ2) is 6.77. The zero-order valence-corrected chi connectivity index (χ0v) is 13.5. The van der Waals surface area contributed by atoms with E-state index in [1.54, 1.807) is 18.2 Å². The van der Waals surface area contributed by atoms with Crippen LogP contribution in [0.4, 0.5) is 5.69 Å². The number of aryl methyl sites for hydroxylation is 1. The minimum atomic E-state index is -3.66. The lowest BCUT2D eigenvalue weighted by molar-refractivity contribution is 0.371. The average Bonchev–Trinajstić information content (AvgIpc) is 2.41. The van der Waals surface area contributed by atoms with Gasteiger partial charge in [0, 0.05) is 17.8 Å². The first-order valence-corrected chi connectivity index (χ1v) is 9.04. The Balaban J connectivity index is 2.04. The third-order valence-electron chi connectivity index (χ3n) is 3.99. The van der Waals surface area contributed by atoms with E-state index < -0.39 is 10.0 Å². The molecule has 1 fully saturated rings. The monoisotopic (exact) mass is 311 g/mol. The molecule has 0 spiro atoms. The summed E-state index contributed by atoms with van der Waals surface area (Å²) in [5.74, 6) is 0. The highest BCUT2D eigenvalue weighted by atomic mass is 32.2. The number of piperidine rings is 1. The summed E-state index contributed by atoms with van der Waals surface area (Å²) in [7, 11) is -3.66. The molecule has 1 heterocycles. The van der Waals surface area contributed by atoms with E-state index in [0.29, 0.717) is 6.04 Å². The topological polar surface area (TPSA) is 84.2 Å². The summed E-state index contributed by atoms with van der Waals surface area (Å²) in [4.78, 5) is 0.151. The third-order valence-corrected chi connectivity index (χ3v) is 4.90. The van der Waals surface area contributed by atoms with Gasteiger partial charge in [0.2, 0.25) is 10.0 Å². The molecule has 0 bridgehead atoms. The van der Waals surface area contributed by atoms with Crippen LogP contribution in [0.5, 0.6) is 0 Å². The van der Waals surface area contributed by atoms with Crippen molar-refractivity contribution in [3.05, 3.63) is 23.8 Å². The minimum absolute atomic E-state index is 0.151. The van der Waals surface area contributed by atoms with Crippen molar-refractivity contribution in [3.63, 3.8) is 0 Å². The number of hydrogen-bond acceptors (Lipinski definition) is 4. The zero-order valence-electron chi connectivity index (χ0n) is 12.7. The van der Waals surface area contributed by atoms with Crippen LogP contribution in [0, 0.1) is 6.92 Å². The van der Waals surface area contributed by atoms with Gasteiger partial charge >= 0.3 is 0 Å². The Hall–Kier alpha value is -1.11. The Labute approximate surface area is 127 Å². The molecule has 2 unspecified atom stereocenters. The fourth-order valence-corrected chi connectivity index (χ4v) is 3.35. The summed E-state index contributed by atoms with van der Waals surface area (Å²) >= 11 is 0. The van der Waals surface area contributed by atoms with E-state index in [1.165, 1.54) is 19.3 Å². The van der Waals surface area contributed by atoms with Crippen molar-refractivity contribution in [1.82, 2.24) is 5.32 Å². The van der Waals surface area contributed by atoms with Gasteiger partial charge < -0.3 is 10.6 Å². The third kappa shape index (κ3) is 4.69. The molecule has 1 aliphatic rings. The molecule has 1 aromatic rings. The van der Waals surface area contributed by atoms with Gasteiger partial charge in [-0.1, -0.05) is 12.5 Å². The molecule has 0 aliphatic carbocycles. The summed E-state index contributed by atoms with van der Waals surface area (Å²) in [6, 6.07) is 5.77. The Morgan fingerprint density at radius 3 is 2.81 bits per heavy atom. The van der Waals surface area contributed by atoms with Crippen molar-refractivity contribution in [3.8, 4) is 0 Å². The van der Waals surface area contributed by atoms with E-state index in [1.807, 2.05) is 6.92 Å². The number of anilines is 1. The van der Waals surface area contributed by atoms with Crippen LogP contribution >= 0.6 is 0 Å². The maximum Gasteiger partial charge on any atom is 0.238 e. The van der Waals surface area contributed by atoms with Gasteiger partial charge in [-0.25, -0.2) is 13.6 Å². The number of primary sulfonamides is 1. The number of rotatable bonds is 5. The van der Waals surface area contributed by atoms with E-state index in [4.69, 9.17) is 5.14 Å². The van der Waals surface area contributed by atoms with Crippen molar-refractivity contribution < 1.29 is 8.42 Å². The predicted octanol–water partition coefficient (Wildman–Crippen LogP) is 1.98. The number of nitrogens with two attached hydrogens (primary N) is 1. The second-order valence-electron chi connectivity index (χ2n) is 5.95. The second-order valence-corrected chi connectivity index (χ2v) is 7.51. The highest BCUT2D eigenvalue weighted by Gasteiger charge is 2.17. The minimum Gasteiger partial charge on any atom is -0.382 e. The molecule has 1 saturated heterocycles. The number of hydrogen-bond donors (Lipinski definition) is 3. The smallest absolute Gasteiger partial charge is 0.238 e. The quantitative estimate of drug-likeness (QED) is 0.776. The molecule has 21 heavy (non-hydrogen) atoms. The van der Waals surface area contributed by atoms with Crippen molar-refractivity contribution in [2.24, 2.45) is 5.14 Å². The SMILES string of the molecule is Cc1ccc(S(N)(=O)=O)cc1NC(C)CC1CCCCN1. The van der Waals surface area contributed by atoms with Crippen LogP contribution in [0.3, 0.4) is 0 Å². The van der Waals surface area contributed by atoms with Gasteiger partial charge in [0.15, 0.2) is 0 Å². The van der Waals surface area contributed by atoms with E-state index in [9.17, 15) is 8.42 Å². The standard InChI is InChI=1S/C15H25N3O2S/c1-11-6-7-14(21(16,19)20)10-15(11)18-12(2)9-13-5-3-4-8-17-13/h6-7,10,12-13,17-18H,3-5,8-9H2,1-2H3,(H2,16,19,20). The van der Waals surface area contributed by atoms with Gasteiger partial charge in [0.25, 0.3) is 0 Å². The maximum absolute atomic E-state index is 11.4. The maximum atomic E-state index is 11.4. The fraction of sp³-hybridized carbons (Fsp3) is 0.600. The fourth-order valence-electron chi connectivity index (χ4n) is 2.81. The first-order chi connectivity index (χ1) is 9.86. The van der Waals surface area contributed by atoms with Gasteiger partial charge in [0.05, 0.1) is 4.90 Å². The molecular formula is C15H25N3O2S. The summed E-state index contributed by atoms with van der Waals surface area (Å²) in [6.45, 7) is 5.18. The van der Waals surface area contributed by atoms with E-state index in [-0.39, 0.29) is 10.9 Å². The average molecular weight is 311 g/mol. The molecule has 5 nitrogen and oxygen atoms in total. The molecule has 4 N–H and O–H groups in total. The molecule has 1 aromatic carbocycles. The Morgan fingerprint density at radius 1 is 1.43 bits per heavy atom. The highest BCUT2D eigenvalue weighted by molar-refractivity contribution is 7.89. The highest BCUT2D eigenvalue weighted by Crippen LogP contribution is 2.22. The Morgan fingerprint density at radius 2 is 2.19 bits per heavy atom. The Bertz CT molecular complexity index is 581. The van der Waals surface area contributed by atoms with Crippen LogP contribution in [0.25, 0.3) is 0 Å². The molecule has 0 saturated carbocycles. The van der Waals surface area contributed by atoms with Gasteiger partial charge in [-0.2, -0.15) is 0 Å². The molecular weight excluding hydrogens is 286 g/mol. The van der Waals surface area contributed by atoms with Gasteiger partial charge in [0.1, 0.15) is 0 Å². The predicted molar refractivity (Wildman–Crippen MR) is 85.9 cm³/mol. The first-order valence-electron chi connectivity index (χ1n) is 7.49. The normalized spacial score (nSPS) is 21.0. The summed E-state index contributed by atoms with van der Waals surface area (Å²) in [5.41, 5.74) is 1.86. The molecule has 0 amide bonds. The van der Waals surface area contributed by atoms with Crippen LogP contribution in [0.1, 0.15) is 38.2 Å². The molecule has 6 heteroatoms. The van der Waals surface area contributed by atoms with Gasteiger partial charge in [-0.3, -0.25) is 0 Å². The van der Waals surface area contributed by atoms with Crippen LogP contribution in [0.15, 0.2) is 23.1 Å². The lowest BCUT2D eigenvalue weighted by atomic mass is 9.98. The molecule has 2 rings (SSSR count). The summed E-state index contributed by atoms with van der Waals surface area (Å²) < 4.78 is 22.9. The van der Waals surface area contributed by atoms with Crippen molar-refractivity contribution in [2.75, 3.05) is 11.9 Å². The number of nitrogens with one attached hydrogen (secondary N) is 2. The van der Waals surface area contributed by atoms with Crippen LogP contribution < -0.4 is 15.8 Å². The largest absolute Gasteiger partial charge is 0.382 e. The number of benzene rings is 1. The number of sulfonamides is 1. The zero-order chi connectivity index (χ0) is 15.5. The van der Waals surface area contributed by atoms with Crippen molar-refractivity contribution >= 4 is 15.7 Å². The Kier molecular flexibility index (Phi) is 5.24. The van der Waals surface area contributed by atoms with E-state index in [2.05, 4.69) is 17.6 Å². The first kappa shape index (κ1) is 16.3. The molecule has 118 valence electrons. The molecule has 0 radical (unpaired) electrons. The van der Waals surface area contributed by atoms with E-state index >= 15 is 0 Å².